The van der Waals surface area contributed by atoms with Crippen molar-refractivity contribution in [3.8, 4) is 5.75 Å². The number of nitrogens with zero attached hydrogens (tertiary/aromatic N) is 4. The highest BCUT2D eigenvalue weighted by Gasteiger charge is 2.27. The number of phenols is 1. The minimum Gasteiger partial charge on any atom is -0.507 e. The van der Waals surface area contributed by atoms with E-state index in [-0.39, 0.29) is 11.7 Å². The molecule has 0 bridgehead atoms. The summed E-state index contributed by atoms with van der Waals surface area (Å²) in [6.07, 6.45) is 0. The summed E-state index contributed by atoms with van der Waals surface area (Å²) >= 11 is 0. The highest BCUT2D eigenvalue weighted by molar-refractivity contribution is 6.01. The van der Waals surface area contributed by atoms with Gasteiger partial charge in [-0.25, -0.2) is 0 Å². The molecule has 2 aliphatic heterocycles. The van der Waals surface area contributed by atoms with Gasteiger partial charge in [0.1, 0.15) is 5.75 Å². The lowest BCUT2D eigenvalue weighted by atomic mass is 10.1. The third-order valence-corrected chi connectivity index (χ3v) is 6.55. The van der Waals surface area contributed by atoms with E-state index in [4.69, 9.17) is 4.74 Å². The van der Waals surface area contributed by atoms with Crippen LogP contribution in [0.1, 0.15) is 32.7 Å². The topological polar surface area (TPSA) is 84.9 Å². The lowest BCUT2D eigenvalue weighted by molar-refractivity contribution is 0.0748. The molecule has 5 rings (SSSR count). The Hall–Kier alpha value is -2.94. The molecule has 8 nitrogen and oxygen atoms in total. The fraction of sp³-hybridized carbons (Fsp3) is 0.417. The predicted molar refractivity (Wildman–Crippen MR) is 121 cm³/mol. The number of aromatic hydroxyl groups is 1. The second-order valence-electron chi connectivity index (χ2n) is 8.87. The van der Waals surface area contributed by atoms with Gasteiger partial charge < -0.3 is 19.6 Å². The molecular formula is C24H29N5O3. The molecule has 1 saturated heterocycles. The number of rotatable bonds is 5. The Balaban J connectivity index is 1.32. The summed E-state index contributed by atoms with van der Waals surface area (Å²) in [6.45, 7) is 6.77. The van der Waals surface area contributed by atoms with Gasteiger partial charge in [-0.3, -0.25) is 14.8 Å². The molecule has 0 saturated carbocycles. The van der Waals surface area contributed by atoms with Crippen molar-refractivity contribution in [1.82, 2.24) is 24.9 Å². The van der Waals surface area contributed by atoms with E-state index < -0.39 is 0 Å². The van der Waals surface area contributed by atoms with Crippen LogP contribution < -0.4 is 0 Å². The average Bonchev–Trinajstić information content (AvgIpc) is 3.38. The van der Waals surface area contributed by atoms with Gasteiger partial charge in [0.25, 0.3) is 5.91 Å². The molecule has 0 spiro atoms. The van der Waals surface area contributed by atoms with E-state index in [1.165, 1.54) is 22.8 Å². The first-order chi connectivity index (χ1) is 15.5. The number of hydrogen-bond acceptors (Lipinski definition) is 6. The van der Waals surface area contributed by atoms with Crippen molar-refractivity contribution in [1.29, 1.82) is 0 Å². The van der Waals surface area contributed by atoms with Gasteiger partial charge in [0.2, 0.25) is 0 Å². The first-order valence-electron chi connectivity index (χ1n) is 11.0. The van der Waals surface area contributed by atoms with Crippen LogP contribution in [-0.2, 0) is 31.0 Å². The van der Waals surface area contributed by atoms with Crippen molar-refractivity contribution in [2.24, 2.45) is 0 Å². The Morgan fingerprint density at radius 1 is 1.12 bits per heavy atom. The third kappa shape index (κ3) is 3.97. The number of carbonyl (C=O) groups is 1. The number of amides is 1. The number of hydrogen-bond donors (Lipinski definition) is 2. The molecule has 3 aromatic rings. The summed E-state index contributed by atoms with van der Waals surface area (Å²) < 4.78 is 5.20. The largest absolute Gasteiger partial charge is 0.507 e. The first kappa shape index (κ1) is 20.9. The van der Waals surface area contributed by atoms with E-state index in [9.17, 15) is 9.90 Å². The number of carbonyl (C=O) groups excluding carboxylic acids is 1. The quantitative estimate of drug-likeness (QED) is 0.640. The molecule has 1 fully saturated rings. The minimum atomic E-state index is -0.175. The van der Waals surface area contributed by atoms with Crippen LogP contribution >= 0.6 is 0 Å². The van der Waals surface area contributed by atoms with Crippen LogP contribution in [0.2, 0.25) is 0 Å². The Kier molecular flexibility index (Phi) is 5.58. The van der Waals surface area contributed by atoms with Crippen molar-refractivity contribution in [3.05, 3.63) is 58.3 Å². The summed E-state index contributed by atoms with van der Waals surface area (Å²) in [5.41, 5.74) is 5.34. The molecule has 0 unspecified atom stereocenters. The zero-order valence-corrected chi connectivity index (χ0v) is 18.6. The molecule has 2 N–H and O–H groups in total. The lowest BCUT2D eigenvalue weighted by Crippen LogP contribution is -2.43. The van der Waals surface area contributed by atoms with E-state index >= 15 is 0 Å². The molecule has 2 aliphatic rings. The van der Waals surface area contributed by atoms with Crippen molar-refractivity contribution in [2.75, 3.05) is 40.3 Å². The van der Waals surface area contributed by atoms with E-state index in [2.05, 4.69) is 45.2 Å². The maximum absolute atomic E-state index is 13.3. The zero-order chi connectivity index (χ0) is 22.2. The summed E-state index contributed by atoms with van der Waals surface area (Å²) in [4.78, 5) is 19.9. The number of nitrogens with one attached hydrogen (secondary N) is 1. The van der Waals surface area contributed by atoms with Crippen LogP contribution in [-0.4, -0.2) is 76.2 Å². The number of piperazine rings is 1. The van der Waals surface area contributed by atoms with Gasteiger partial charge in [-0.05, 0) is 29.8 Å². The number of aromatic amines is 1. The van der Waals surface area contributed by atoms with Crippen LogP contribution in [0, 0.1) is 0 Å². The van der Waals surface area contributed by atoms with Gasteiger partial charge in [-0.15, -0.1) is 0 Å². The number of methoxy groups -OCH3 is 1. The Bertz CT molecular complexity index is 1150. The van der Waals surface area contributed by atoms with Gasteiger partial charge >= 0.3 is 0 Å². The number of likely N-dealkylation sites (N-methyl/N-ethyl adjacent to an activating group) is 1. The second-order valence-corrected chi connectivity index (χ2v) is 8.87. The molecule has 2 aromatic carbocycles. The number of H-pyrrole nitrogens is 1. The third-order valence-electron chi connectivity index (χ3n) is 6.55. The first-order valence-corrected chi connectivity index (χ1v) is 11.0. The van der Waals surface area contributed by atoms with Gasteiger partial charge in [-0.1, -0.05) is 18.2 Å². The molecule has 0 aliphatic carbocycles. The van der Waals surface area contributed by atoms with Gasteiger partial charge in [0.15, 0.2) is 0 Å². The van der Waals surface area contributed by atoms with Crippen LogP contribution in [0.25, 0.3) is 10.9 Å². The van der Waals surface area contributed by atoms with Crippen molar-refractivity contribution >= 4 is 16.8 Å². The monoisotopic (exact) mass is 435 g/mol. The van der Waals surface area contributed by atoms with E-state index in [1.807, 2.05) is 0 Å². The molecule has 0 radical (unpaired) electrons. The second kappa shape index (κ2) is 8.54. The number of phenolic OH excluding ortho intramolecular Hbond substituents is 1. The van der Waals surface area contributed by atoms with Crippen molar-refractivity contribution < 1.29 is 14.6 Å². The smallest absolute Gasteiger partial charge is 0.258 e. The molecule has 1 aromatic heterocycles. The summed E-state index contributed by atoms with van der Waals surface area (Å²) in [5.74, 6) is -0.226. The Morgan fingerprint density at radius 3 is 2.69 bits per heavy atom. The minimum absolute atomic E-state index is 0.0512. The van der Waals surface area contributed by atoms with Crippen LogP contribution in [0.4, 0.5) is 0 Å². The Labute approximate surface area is 187 Å². The number of benzene rings is 2. The zero-order valence-electron chi connectivity index (χ0n) is 18.6. The van der Waals surface area contributed by atoms with Gasteiger partial charge in [0.05, 0.1) is 23.4 Å². The standard InChI is InChI=1S/C24H29N5O3/c1-27-5-7-28(8-6-27)12-16-3-4-17-13-29(14-18(17)9-16)24(31)20-10-19-21(11-23(20)30)25-26-22(19)15-32-2/h3-4,9-11,30H,5-8,12-15H2,1-2H3,(H,25,26). The van der Waals surface area contributed by atoms with Crippen LogP contribution in [0.15, 0.2) is 30.3 Å². The molecule has 1 amide bonds. The highest BCUT2D eigenvalue weighted by Crippen LogP contribution is 2.31. The lowest BCUT2D eigenvalue weighted by Gasteiger charge is -2.32. The van der Waals surface area contributed by atoms with Crippen molar-refractivity contribution in [3.63, 3.8) is 0 Å². The molecule has 32 heavy (non-hydrogen) atoms. The summed E-state index contributed by atoms with van der Waals surface area (Å²) in [7, 11) is 3.78. The van der Waals surface area contributed by atoms with Gasteiger partial charge in [0, 0.05) is 64.4 Å². The van der Waals surface area contributed by atoms with Gasteiger partial charge in [-0.2, -0.15) is 5.10 Å². The maximum atomic E-state index is 13.3. The fourth-order valence-corrected chi connectivity index (χ4v) is 4.65. The SMILES string of the molecule is COCc1[nH]nc2cc(O)c(C(=O)N3Cc4ccc(CN5CCN(C)CC5)cc4C3)cc12. The average molecular weight is 436 g/mol. The normalized spacial score (nSPS) is 17.2. The van der Waals surface area contributed by atoms with Crippen LogP contribution in [0.3, 0.4) is 0 Å². The highest BCUT2D eigenvalue weighted by atomic mass is 16.5. The Morgan fingerprint density at radius 2 is 1.91 bits per heavy atom. The molecule has 3 heterocycles. The summed E-state index contributed by atoms with van der Waals surface area (Å²) in [5, 5.41) is 18.4. The number of fused-ring (bicyclic) bond motifs is 2. The number of ether oxygens (including phenoxy) is 1. The number of aromatic nitrogens is 2. The molecule has 0 atom stereocenters. The predicted octanol–water partition coefficient (Wildman–Crippen LogP) is 2.32. The molecule has 8 heteroatoms. The molecular weight excluding hydrogens is 406 g/mol. The fourth-order valence-electron chi connectivity index (χ4n) is 4.65. The van der Waals surface area contributed by atoms with E-state index in [0.717, 1.165) is 43.8 Å². The molecule has 168 valence electrons. The van der Waals surface area contributed by atoms with Crippen molar-refractivity contribution in [2.45, 2.75) is 26.2 Å². The summed E-state index contributed by atoms with van der Waals surface area (Å²) in [6, 6.07) is 9.81. The maximum Gasteiger partial charge on any atom is 0.258 e. The van der Waals surface area contributed by atoms with E-state index in [1.54, 1.807) is 18.1 Å². The van der Waals surface area contributed by atoms with Crippen LogP contribution in [0.5, 0.6) is 5.75 Å². The van der Waals surface area contributed by atoms with E-state index in [0.29, 0.717) is 30.8 Å².